The standard InChI is InChI=1S/C12H20N2O4/c15-11(16)7-9-3-1-5-14(9)12(17)13-8-10-4-2-6-18-10/h9-10H,1-8H2,(H,13,17)(H,15,16). The second kappa shape index (κ2) is 6.04. The van der Waals surface area contributed by atoms with Gasteiger partial charge in [-0.05, 0) is 25.7 Å². The van der Waals surface area contributed by atoms with Gasteiger partial charge in [0.15, 0.2) is 0 Å². The first kappa shape index (κ1) is 13.1. The maximum absolute atomic E-state index is 12.0. The van der Waals surface area contributed by atoms with Crippen molar-refractivity contribution in [3.05, 3.63) is 0 Å². The van der Waals surface area contributed by atoms with E-state index in [-0.39, 0.29) is 24.6 Å². The number of carboxylic acid groups (broad SMARTS) is 1. The van der Waals surface area contributed by atoms with Crippen LogP contribution in [0.3, 0.4) is 0 Å². The number of rotatable bonds is 4. The minimum absolute atomic E-state index is 0.0351. The lowest BCUT2D eigenvalue weighted by Gasteiger charge is -2.24. The summed E-state index contributed by atoms with van der Waals surface area (Å²) in [5.41, 5.74) is 0. The van der Waals surface area contributed by atoms with Gasteiger partial charge >= 0.3 is 12.0 Å². The normalized spacial score (nSPS) is 27.4. The monoisotopic (exact) mass is 256 g/mol. The first-order valence-electron chi connectivity index (χ1n) is 6.54. The summed E-state index contributed by atoms with van der Waals surface area (Å²) in [7, 11) is 0. The van der Waals surface area contributed by atoms with Gasteiger partial charge < -0.3 is 20.1 Å². The highest BCUT2D eigenvalue weighted by atomic mass is 16.5. The molecule has 2 unspecified atom stereocenters. The Bertz CT molecular complexity index is 315. The maximum Gasteiger partial charge on any atom is 0.317 e. The lowest BCUT2D eigenvalue weighted by Crippen LogP contribution is -2.45. The predicted molar refractivity (Wildman–Crippen MR) is 64.4 cm³/mol. The summed E-state index contributed by atoms with van der Waals surface area (Å²) in [5, 5.41) is 11.6. The largest absolute Gasteiger partial charge is 0.481 e. The molecule has 0 aliphatic carbocycles. The van der Waals surface area contributed by atoms with E-state index in [1.807, 2.05) is 0 Å². The lowest BCUT2D eigenvalue weighted by molar-refractivity contribution is -0.137. The van der Waals surface area contributed by atoms with Crippen LogP contribution in [0.25, 0.3) is 0 Å². The van der Waals surface area contributed by atoms with Gasteiger partial charge in [-0.15, -0.1) is 0 Å². The summed E-state index contributed by atoms with van der Waals surface area (Å²) in [6.45, 7) is 1.94. The third kappa shape index (κ3) is 3.35. The second-order valence-corrected chi connectivity index (χ2v) is 4.91. The second-order valence-electron chi connectivity index (χ2n) is 4.91. The Hall–Kier alpha value is -1.30. The van der Waals surface area contributed by atoms with E-state index in [4.69, 9.17) is 9.84 Å². The molecule has 102 valence electrons. The number of carbonyl (C=O) groups excluding carboxylic acids is 1. The van der Waals surface area contributed by atoms with Crippen LogP contribution in [0.4, 0.5) is 4.79 Å². The Morgan fingerprint density at radius 3 is 2.83 bits per heavy atom. The summed E-state index contributed by atoms with van der Waals surface area (Å²) in [5.74, 6) is -0.848. The van der Waals surface area contributed by atoms with Gasteiger partial charge in [-0.1, -0.05) is 0 Å². The smallest absolute Gasteiger partial charge is 0.317 e. The zero-order chi connectivity index (χ0) is 13.0. The predicted octanol–water partition coefficient (Wildman–Crippen LogP) is 0.814. The van der Waals surface area contributed by atoms with Crippen molar-refractivity contribution in [3.63, 3.8) is 0 Å². The molecule has 0 aromatic rings. The molecule has 18 heavy (non-hydrogen) atoms. The maximum atomic E-state index is 12.0. The Balaban J connectivity index is 1.77. The highest BCUT2D eigenvalue weighted by Gasteiger charge is 2.30. The highest BCUT2D eigenvalue weighted by Crippen LogP contribution is 2.20. The first-order chi connectivity index (χ1) is 8.66. The highest BCUT2D eigenvalue weighted by molar-refractivity contribution is 5.76. The number of hydrogen-bond donors (Lipinski definition) is 2. The van der Waals surface area contributed by atoms with E-state index in [9.17, 15) is 9.59 Å². The number of nitrogens with one attached hydrogen (secondary N) is 1. The fourth-order valence-corrected chi connectivity index (χ4v) is 2.62. The van der Waals surface area contributed by atoms with Crippen molar-refractivity contribution in [2.45, 2.75) is 44.2 Å². The summed E-state index contributed by atoms with van der Waals surface area (Å²) >= 11 is 0. The molecule has 2 atom stereocenters. The minimum Gasteiger partial charge on any atom is -0.481 e. The van der Waals surface area contributed by atoms with Crippen LogP contribution >= 0.6 is 0 Å². The van der Waals surface area contributed by atoms with Crippen molar-refractivity contribution in [1.82, 2.24) is 10.2 Å². The molecule has 0 saturated carbocycles. The van der Waals surface area contributed by atoms with Gasteiger partial charge in [0.05, 0.1) is 12.5 Å². The number of urea groups is 1. The zero-order valence-electron chi connectivity index (χ0n) is 10.4. The first-order valence-corrected chi connectivity index (χ1v) is 6.54. The van der Waals surface area contributed by atoms with Gasteiger partial charge in [0, 0.05) is 25.7 Å². The van der Waals surface area contributed by atoms with Crippen LogP contribution in [-0.4, -0.2) is 53.8 Å². The fourth-order valence-electron chi connectivity index (χ4n) is 2.62. The molecular weight excluding hydrogens is 236 g/mol. The molecule has 0 aromatic heterocycles. The van der Waals surface area contributed by atoms with Crippen LogP contribution in [0, 0.1) is 0 Å². The number of nitrogens with zero attached hydrogens (tertiary/aromatic N) is 1. The Morgan fingerprint density at radius 2 is 2.17 bits per heavy atom. The summed E-state index contributed by atoms with van der Waals surface area (Å²) < 4.78 is 5.43. The molecule has 0 bridgehead atoms. The third-order valence-electron chi connectivity index (χ3n) is 3.55. The van der Waals surface area contributed by atoms with Crippen LogP contribution in [0.5, 0.6) is 0 Å². The number of amides is 2. The number of aliphatic carboxylic acids is 1. The Labute approximate surface area is 106 Å². The van der Waals surface area contributed by atoms with Crippen molar-refractivity contribution in [2.24, 2.45) is 0 Å². The molecule has 2 N–H and O–H groups in total. The number of hydrogen-bond acceptors (Lipinski definition) is 3. The Morgan fingerprint density at radius 1 is 1.33 bits per heavy atom. The minimum atomic E-state index is -0.848. The van der Waals surface area contributed by atoms with E-state index in [1.54, 1.807) is 4.90 Å². The van der Waals surface area contributed by atoms with Crippen molar-refractivity contribution >= 4 is 12.0 Å². The number of likely N-dealkylation sites (tertiary alicyclic amines) is 1. The molecule has 2 aliphatic rings. The summed E-state index contributed by atoms with van der Waals surface area (Å²) in [4.78, 5) is 24.3. The fraction of sp³-hybridized carbons (Fsp3) is 0.833. The van der Waals surface area contributed by atoms with Crippen molar-refractivity contribution in [1.29, 1.82) is 0 Å². The van der Waals surface area contributed by atoms with Crippen molar-refractivity contribution in [3.8, 4) is 0 Å². The van der Waals surface area contributed by atoms with Gasteiger partial charge in [-0.25, -0.2) is 4.79 Å². The third-order valence-corrected chi connectivity index (χ3v) is 3.55. The molecule has 2 rings (SSSR count). The van der Waals surface area contributed by atoms with Gasteiger partial charge in [0.1, 0.15) is 0 Å². The number of carboxylic acids is 1. The molecular formula is C12H20N2O4. The zero-order valence-corrected chi connectivity index (χ0v) is 10.4. The van der Waals surface area contributed by atoms with Crippen LogP contribution in [0.2, 0.25) is 0 Å². The quantitative estimate of drug-likeness (QED) is 0.780. The average Bonchev–Trinajstić information content (AvgIpc) is 2.95. The van der Waals surface area contributed by atoms with Crippen LogP contribution in [0.15, 0.2) is 0 Å². The lowest BCUT2D eigenvalue weighted by atomic mass is 10.1. The number of ether oxygens (including phenoxy) is 1. The van der Waals surface area contributed by atoms with E-state index >= 15 is 0 Å². The SMILES string of the molecule is O=C(O)CC1CCCN1C(=O)NCC1CCCO1. The number of carbonyl (C=O) groups is 2. The summed E-state index contributed by atoms with van der Waals surface area (Å²) in [6, 6.07) is -0.318. The van der Waals surface area contributed by atoms with Gasteiger partial charge in [0.2, 0.25) is 0 Å². The van der Waals surface area contributed by atoms with E-state index in [1.165, 1.54) is 0 Å². The molecule has 0 spiro atoms. The van der Waals surface area contributed by atoms with Gasteiger partial charge in [-0.2, -0.15) is 0 Å². The van der Waals surface area contributed by atoms with Crippen molar-refractivity contribution in [2.75, 3.05) is 19.7 Å². The van der Waals surface area contributed by atoms with Crippen molar-refractivity contribution < 1.29 is 19.4 Å². The van der Waals surface area contributed by atoms with Crippen LogP contribution in [-0.2, 0) is 9.53 Å². The molecule has 6 nitrogen and oxygen atoms in total. The Kier molecular flexibility index (Phi) is 4.41. The molecule has 2 fully saturated rings. The van der Waals surface area contributed by atoms with E-state index in [0.29, 0.717) is 13.1 Å². The molecule has 2 saturated heterocycles. The van der Waals surface area contributed by atoms with E-state index < -0.39 is 5.97 Å². The molecule has 0 radical (unpaired) electrons. The van der Waals surface area contributed by atoms with E-state index in [2.05, 4.69) is 5.32 Å². The molecule has 2 heterocycles. The molecule has 0 aromatic carbocycles. The molecule has 6 heteroatoms. The summed E-state index contributed by atoms with van der Waals surface area (Å²) in [6.07, 6.45) is 3.85. The van der Waals surface area contributed by atoms with Gasteiger partial charge in [-0.3, -0.25) is 4.79 Å². The van der Waals surface area contributed by atoms with E-state index in [0.717, 1.165) is 32.3 Å². The van der Waals surface area contributed by atoms with Crippen LogP contribution in [0.1, 0.15) is 32.1 Å². The van der Waals surface area contributed by atoms with Crippen LogP contribution < -0.4 is 5.32 Å². The molecule has 2 amide bonds. The average molecular weight is 256 g/mol. The topological polar surface area (TPSA) is 78.9 Å². The molecule has 2 aliphatic heterocycles. The van der Waals surface area contributed by atoms with Gasteiger partial charge in [0.25, 0.3) is 0 Å².